The van der Waals surface area contributed by atoms with Crippen LogP contribution in [0.15, 0.2) is 47.4 Å². The van der Waals surface area contributed by atoms with Crippen LogP contribution < -0.4 is 21.1 Å². The molecule has 0 spiro atoms. The maximum Gasteiger partial charge on any atom is 0.323 e. The van der Waals surface area contributed by atoms with E-state index >= 15 is 0 Å². The minimum atomic E-state index is -4.29. The molecule has 1 saturated heterocycles. The van der Waals surface area contributed by atoms with E-state index in [2.05, 4.69) is 10.6 Å². The number of halogens is 2. The topological polar surface area (TPSA) is 134 Å². The number of urea groups is 1. The molecular formula is C20H23ClFN5O5S. The Morgan fingerprint density at radius 3 is 2.52 bits per heavy atom. The number of amides is 3. The van der Waals surface area contributed by atoms with E-state index in [1.165, 1.54) is 7.11 Å². The largest absolute Gasteiger partial charge is 0.497 e. The number of nitrogens with two attached hydrogens (primary N) is 1. The van der Waals surface area contributed by atoms with Gasteiger partial charge in [0.25, 0.3) is 5.91 Å². The first-order valence-electron chi connectivity index (χ1n) is 9.85. The molecule has 4 N–H and O–H groups in total. The highest BCUT2D eigenvalue weighted by Crippen LogP contribution is 2.28. The summed E-state index contributed by atoms with van der Waals surface area (Å²) in [4.78, 5) is 26.6. The van der Waals surface area contributed by atoms with E-state index in [9.17, 15) is 22.4 Å². The Morgan fingerprint density at radius 2 is 1.91 bits per heavy atom. The maximum absolute atomic E-state index is 13.5. The zero-order valence-electron chi connectivity index (χ0n) is 17.6. The fourth-order valence-electron chi connectivity index (χ4n) is 3.27. The number of anilines is 1. The summed E-state index contributed by atoms with van der Waals surface area (Å²) in [6, 6.07) is 8.73. The third-order valence-electron chi connectivity index (χ3n) is 4.91. The van der Waals surface area contributed by atoms with Crippen LogP contribution in [0.5, 0.6) is 5.75 Å². The quantitative estimate of drug-likeness (QED) is 0.527. The summed E-state index contributed by atoms with van der Waals surface area (Å²) in [6.45, 7) is -0.0126. The van der Waals surface area contributed by atoms with Crippen LogP contribution in [0.3, 0.4) is 0 Å². The van der Waals surface area contributed by atoms with Gasteiger partial charge >= 0.3 is 6.03 Å². The Hall–Kier alpha value is -2.93. The summed E-state index contributed by atoms with van der Waals surface area (Å²) in [7, 11) is -2.79. The SMILES string of the molecule is COc1ccc(NC(=O)N2CCN(S(=O)(=O)c3ccc(F)c(Cl)c3)C2C(=O)NCCN)cc1. The van der Waals surface area contributed by atoms with Gasteiger partial charge in [-0.15, -0.1) is 0 Å². The molecule has 33 heavy (non-hydrogen) atoms. The van der Waals surface area contributed by atoms with E-state index in [1.807, 2.05) is 0 Å². The molecule has 0 saturated carbocycles. The lowest BCUT2D eigenvalue weighted by atomic mass is 10.3. The van der Waals surface area contributed by atoms with Gasteiger partial charge in [-0.05, 0) is 42.5 Å². The van der Waals surface area contributed by atoms with Gasteiger partial charge in [0.1, 0.15) is 11.6 Å². The summed E-state index contributed by atoms with van der Waals surface area (Å²) in [5.41, 5.74) is 5.86. The van der Waals surface area contributed by atoms with Crippen molar-refractivity contribution in [3.63, 3.8) is 0 Å². The highest BCUT2D eigenvalue weighted by molar-refractivity contribution is 7.89. The van der Waals surface area contributed by atoms with Crippen LogP contribution in [0.25, 0.3) is 0 Å². The fraction of sp³-hybridized carbons (Fsp3) is 0.300. The summed E-state index contributed by atoms with van der Waals surface area (Å²) >= 11 is 5.75. The van der Waals surface area contributed by atoms with Gasteiger partial charge in [-0.3, -0.25) is 9.69 Å². The molecule has 0 bridgehead atoms. The first-order chi connectivity index (χ1) is 15.7. The van der Waals surface area contributed by atoms with Gasteiger partial charge in [-0.2, -0.15) is 4.31 Å². The number of sulfonamides is 1. The lowest BCUT2D eigenvalue weighted by molar-refractivity contribution is -0.127. The summed E-state index contributed by atoms with van der Waals surface area (Å²) < 4.78 is 46.0. The van der Waals surface area contributed by atoms with Crippen LogP contribution in [-0.4, -0.2) is 69.0 Å². The Morgan fingerprint density at radius 1 is 1.21 bits per heavy atom. The molecule has 1 fully saturated rings. The van der Waals surface area contributed by atoms with Gasteiger partial charge in [-0.25, -0.2) is 17.6 Å². The van der Waals surface area contributed by atoms with E-state index in [1.54, 1.807) is 24.3 Å². The van der Waals surface area contributed by atoms with Crippen molar-refractivity contribution in [2.75, 3.05) is 38.6 Å². The second-order valence-electron chi connectivity index (χ2n) is 7.00. The molecule has 1 heterocycles. The summed E-state index contributed by atoms with van der Waals surface area (Å²) in [5.74, 6) is -0.919. The predicted octanol–water partition coefficient (Wildman–Crippen LogP) is 1.43. The van der Waals surface area contributed by atoms with E-state index in [4.69, 9.17) is 22.1 Å². The van der Waals surface area contributed by atoms with Crippen LogP contribution in [-0.2, 0) is 14.8 Å². The fourth-order valence-corrected chi connectivity index (χ4v) is 5.09. The first-order valence-corrected chi connectivity index (χ1v) is 11.7. The third kappa shape index (κ3) is 5.36. The molecular weight excluding hydrogens is 477 g/mol. The third-order valence-corrected chi connectivity index (χ3v) is 7.05. The highest BCUT2D eigenvalue weighted by Gasteiger charge is 2.46. The monoisotopic (exact) mass is 499 g/mol. The molecule has 1 aliphatic heterocycles. The van der Waals surface area contributed by atoms with E-state index in [-0.39, 0.29) is 36.1 Å². The number of carbonyl (C=O) groups is 2. The van der Waals surface area contributed by atoms with E-state index in [0.717, 1.165) is 27.4 Å². The number of ether oxygens (including phenoxy) is 1. The standard InChI is InChI=1S/C20H23ClFN5O5S/c1-32-14-4-2-13(3-5-14)25-20(29)26-10-11-27(19(26)18(28)24-9-8-23)33(30,31)15-6-7-17(22)16(21)12-15/h2-7,12,19H,8-11,23H2,1H3,(H,24,28)(H,25,29). The molecule has 10 nitrogen and oxygen atoms in total. The van der Waals surface area contributed by atoms with Crippen molar-refractivity contribution in [1.82, 2.24) is 14.5 Å². The number of hydrogen-bond donors (Lipinski definition) is 3. The number of nitrogens with one attached hydrogen (secondary N) is 2. The molecule has 178 valence electrons. The Balaban J connectivity index is 1.90. The van der Waals surface area contributed by atoms with E-state index < -0.39 is 33.9 Å². The Labute approximate surface area is 195 Å². The average Bonchev–Trinajstić information content (AvgIpc) is 3.26. The van der Waals surface area contributed by atoms with Crippen molar-refractivity contribution in [1.29, 1.82) is 0 Å². The summed E-state index contributed by atoms with van der Waals surface area (Å²) in [6.07, 6.45) is -1.48. The number of hydrogen-bond acceptors (Lipinski definition) is 6. The van der Waals surface area contributed by atoms with Gasteiger partial charge in [0.05, 0.1) is 17.0 Å². The van der Waals surface area contributed by atoms with Crippen LogP contribution >= 0.6 is 11.6 Å². The predicted molar refractivity (Wildman–Crippen MR) is 120 cm³/mol. The Bertz CT molecular complexity index is 1130. The smallest absolute Gasteiger partial charge is 0.323 e. The molecule has 1 atom stereocenters. The van der Waals surface area contributed by atoms with Crippen molar-refractivity contribution in [2.24, 2.45) is 5.73 Å². The second-order valence-corrected chi connectivity index (χ2v) is 9.29. The number of nitrogens with zero attached hydrogens (tertiary/aromatic N) is 2. The number of rotatable bonds is 7. The molecule has 2 aromatic rings. The van der Waals surface area contributed by atoms with Crippen LogP contribution in [0.4, 0.5) is 14.9 Å². The minimum Gasteiger partial charge on any atom is -0.497 e. The zero-order chi connectivity index (χ0) is 24.2. The van der Waals surface area contributed by atoms with Crippen molar-refractivity contribution in [3.05, 3.63) is 53.3 Å². The van der Waals surface area contributed by atoms with Crippen molar-refractivity contribution < 1.29 is 27.1 Å². The van der Waals surface area contributed by atoms with Gasteiger partial charge in [-0.1, -0.05) is 11.6 Å². The Kier molecular flexibility index (Phi) is 7.74. The second kappa shape index (κ2) is 10.3. The average molecular weight is 500 g/mol. The maximum atomic E-state index is 13.5. The molecule has 0 aliphatic carbocycles. The van der Waals surface area contributed by atoms with Gasteiger partial charge in [0.15, 0.2) is 6.17 Å². The molecule has 1 aliphatic rings. The number of carbonyl (C=O) groups excluding carboxylic acids is 2. The molecule has 0 aromatic heterocycles. The van der Waals surface area contributed by atoms with Gasteiger partial charge < -0.3 is 21.1 Å². The van der Waals surface area contributed by atoms with Crippen molar-refractivity contribution >= 4 is 39.2 Å². The molecule has 3 rings (SSSR count). The minimum absolute atomic E-state index is 0.0587. The van der Waals surface area contributed by atoms with Crippen LogP contribution in [0.1, 0.15) is 0 Å². The highest BCUT2D eigenvalue weighted by atomic mass is 35.5. The number of methoxy groups -OCH3 is 1. The summed E-state index contributed by atoms with van der Waals surface area (Å²) in [5, 5.41) is 4.78. The molecule has 0 radical (unpaired) electrons. The lowest BCUT2D eigenvalue weighted by Gasteiger charge is -2.28. The molecule has 2 aromatic carbocycles. The normalized spacial score (nSPS) is 16.5. The lowest BCUT2D eigenvalue weighted by Crippen LogP contribution is -2.55. The molecule has 1 unspecified atom stereocenters. The number of benzene rings is 2. The van der Waals surface area contributed by atoms with Gasteiger partial charge in [0, 0.05) is 31.9 Å². The van der Waals surface area contributed by atoms with Crippen LogP contribution in [0.2, 0.25) is 5.02 Å². The molecule has 13 heteroatoms. The van der Waals surface area contributed by atoms with E-state index in [0.29, 0.717) is 11.4 Å². The zero-order valence-corrected chi connectivity index (χ0v) is 19.2. The van der Waals surface area contributed by atoms with Crippen molar-refractivity contribution in [2.45, 2.75) is 11.1 Å². The van der Waals surface area contributed by atoms with Crippen molar-refractivity contribution in [3.8, 4) is 5.75 Å². The molecule has 3 amide bonds. The van der Waals surface area contributed by atoms with Crippen LogP contribution in [0, 0.1) is 5.82 Å². The first kappa shape index (κ1) is 24.7. The van der Waals surface area contributed by atoms with Gasteiger partial charge in [0.2, 0.25) is 10.0 Å².